The summed E-state index contributed by atoms with van der Waals surface area (Å²) in [6, 6.07) is 3.78. The zero-order valence-electron chi connectivity index (χ0n) is 23.9. The Bertz CT molecular complexity index is 1250. The van der Waals surface area contributed by atoms with E-state index in [9.17, 15) is 19.5 Å². The first-order valence-electron chi connectivity index (χ1n) is 13.7. The van der Waals surface area contributed by atoms with Gasteiger partial charge in [0, 0.05) is 24.6 Å². The van der Waals surface area contributed by atoms with Crippen LogP contribution in [0.5, 0.6) is 11.5 Å². The van der Waals surface area contributed by atoms with Gasteiger partial charge >= 0.3 is 18.0 Å². The normalized spacial score (nSPS) is 28.8. The number of rotatable bonds is 7. The highest BCUT2D eigenvalue weighted by molar-refractivity contribution is 5.80. The number of ether oxygens (including phenoxy) is 5. The highest BCUT2D eigenvalue weighted by Gasteiger charge is 2.72. The Morgan fingerprint density at radius 2 is 2.02 bits per heavy atom. The van der Waals surface area contributed by atoms with Crippen LogP contribution in [0.2, 0.25) is 0 Å². The summed E-state index contributed by atoms with van der Waals surface area (Å²) in [6.07, 6.45) is 0.562. The second-order valence-corrected chi connectivity index (χ2v) is 12.0. The average Bonchev–Trinajstić information content (AvgIpc) is 3.22. The minimum atomic E-state index is -1.20. The lowest BCUT2D eigenvalue weighted by Gasteiger charge is -2.61. The number of nitrogens with zero attached hydrogens (tertiary/aromatic N) is 1. The number of hydrogen-bond acceptors (Lipinski definition) is 10. The fourth-order valence-corrected chi connectivity index (χ4v) is 6.67. The van der Waals surface area contributed by atoms with E-state index in [-0.39, 0.29) is 25.4 Å². The Hall–Kier alpha value is -3.31. The SMILES string of the molecule is COc1ccc2c3c1O[C@H]1C(OC(=O)[C@H](C)OC(=O)CCNC(=O)OC(C)(C)C)=CC[C@@]4(O)[C@H](C2)N(C)CC[C@]314. The van der Waals surface area contributed by atoms with Gasteiger partial charge < -0.3 is 39.0 Å². The van der Waals surface area contributed by atoms with Crippen molar-refractivity contribution in [2.24, 2.45) is 0 Å². The molecule has 40 heavy (non-hydrogen) atoms. The molecule has 0 unspecified atom stereocenters. The van der Waals surface area contributed by atoms with Gasteiger partial charge in [-0.3, -0.25) is 4.79 Å². The van der Waals surface area contributed by atoms with Crippen molar-refractivity contribution in [1.29, 1.82) is 0 Å². The van der Waals surface area contributed by atoms with Crippen LogP contribution in [0.1, 0.15) is 58.1 Å². The summed E-state index contributed by atoms with van der Waals surface area (Å²) in [5, 5.41) is 14.7. The van der Waals surface area contributed by atoms with Gasteiger partial charge in [0.2, 0.25) is 0 Å². The van der Waals surface area contributed by atoms with Crippen LogP contribution < -0.4 is 14.8 Å². The van der Waals surface area contributed by atoms with Crippen LogP contribution in [0.4, 0.5) is 4.79 Å². The lowest BCUT2D eigenvalue weighted by molar-refractivity contribution is -0.175. The first kappa shape index (κ1) is 28.2. The molecule has 2 heterocycles. The fourth-order valence-electron chi connectivity index (χ4n) is 6.67. The largest absolute Gasteiger partial charge is 0.493 e. The van der Waals surface area contributed by atoms with Crippen molar-refractivity contribution in [3.8, 4) is 11.5 Å². The molecule has 0 saturated carbocycles. The first-order chi connectivity index (χ1) is 18.8. The number of piperidine rings is 1. The number of likely N-dealkylation sites (N-methyl/N-ethyl adjacent to an activating group) is 1. The maximum Gasteiger partial charge on any atom is 0.407 e. The molecule has 5 rings (SSSR count). The smallest absolute Gasteiger partial charge is 0.407 e. The van der Waals surface area contributed by atoms with Gasteiger partial charge in [-0.05, 0) is 71.8 Å². The molecule has 11 nitrogen and oxygen atoms in total. The predicted molar refractivity (Wildman–Crippen MR) is 142 cm³/mol. The van der Waals surface area contributed by atoms with Crippen LogP contribution in [0.15, 0.2) is 24.0 Å². The summed E-state index contributed by atoms with van der Waals surface area (Å²) in [7, 11) is 3.59. The standard InChI is InChI=1S/C29H38N2O9/c1-16(37-21(32)10-13-30-26(34)40-27(2,3)4)25(33)38-19-9-11-29(35)20-15-17-7-8-18(36-6)23-22(17)28(29,24(19)39-23)12-14-31(20)5/h7-9,16,20,24,35H,10-15H2,1-6H3,(H,30,34)/t16-,20-,24-,28-,29+/m0/s1. The number of nitrogens with one attached hydrogen (secondary N) is 1. The highest BCUT2D eigenvalue weighted by atomic mass is 16.6. The zero-order valence-corrected chi connectivity index (χ0v) is 23.9. The molecular weight excluding hydrogens is 520 g/mol. The van der Waals surface area contributed by atoms with Gasteiger partial charge in [-0.15, -0.1) is 0 Å². The van der Waals surface area contributed by atoms with Crippen LogP contribution in [0.3, 0.4) is 0 Å². The monoisotopic (exact) mass is 558 g/mol. The molecule has 11 heteroatoms. The number of methoxy groups -OCH3 is 1. The molecule has 1 fully saturated rings. The lowest BCUT2D eigenvalue weighted by atomic mass is 9.50. The quantitative estimate of drug-likeness (QED) is 0.380. The number of alkyl carbamates (subject to hydrolysis) is 1. The van der Waals surface area contributed by atoms with Crippen molar-refractivity contribution < 1.29 is 43.2 Å². The molecule has 2 bridgehead atoms. The van der Waals surface area contributed by atoms with Crippen LogP contribution in [0, 0.1) is 0 Å². The van der Waals surface area contributed by atoms with Crippen LogP contribution in [-0.2, 0) is 35.6 Å². The molecule has 2 N–H and O–H groups in total. The van der Waals surface area contributed by atoms with Gasteiger partial charge in [-0.25, -0.2) is 9.59 Å². The van der Waals surface area contributed by atoms with E-state index in [1.54, 1.807) is 34.0 Å². The van der Waals surface area contributed by atoms with Crippen molar-refractivity contribution in [2.45, 2.75) is 88.2 Å². The Kier molecular flexibility index (Phi) is 7.02. The molecule has 218 valence electrons. The van der Waals surface area contributed by atoms with E-state index in [1.165, 1.54) is 6.92 Å². The van der Waals surface area contributed by atoms with E-state index in [2.05, 4.69) is 10.2 Å². The van der Waals surface area contributed by atoms with Gasteiger partial charge in [0.1, 0.15) is 11.4 Å². The first-order valence-corrected chi connectivity index (χ1v) is 13.7. The second-order valence-electron chi connectivity index (χ2n) is 12.0. The van der Waals surface area contributed by atoms with Gasteiger partial charge in [0.05, 0.1) is 24.5 Å². The molecule has 1 spiro atoms. The van der Waals surface area contributed by atoms with E-state index >= 15 is 0 Å². The van der Waals surface area contributed by atoms with Crippen molar-refractivity contribution >= 4 is 18.0 Å². The summed E-state index contributed by atoms with van der Waals surface area (Å²) in [5.74, 6) is 0.00467. The van der Waals surface area contributed by atoms with Crippen LogP contribution >= 0.6 is 0 Å². The number of amides is 1. The Morgan fingerprint density at radius 1 is 1.27 bits per heavy atom. The number of carbonyl (C=O) groups is 3. The van der Waals surface area contributed by atoms with E-state index in [4.69, 9.17) is 23.7 Å². The summed E-state index contributed by atoms with van der Waals surface area (Å²) in [4.78, 5) is 39.3. The van der Waals surface area contributed by atoms with Crippen molar-refractivity contribution in [2.75, 3.05) is 27.2 Å². The average molecular weight is 559 g/mol. The lowest BCUT2D eigenvalue weighted by Crippen LogP contribution is -2.74. The maximum atomic E-state index is 13.1. The van der Waals surface area contributed by atoms with Crippen molar-refractivity contribution in [1.82, 2.24) is 10.2 Å². The molecule has 0 radical (unpaired) electrons. The minimum absolute atomic E-state index is 0.00424. The van der Waals surface area contributed by atoms with E-state index < -0.39 is 46.9 Å². The molecule has 2 aliphatic carbocycles. The van der Waals surface area contributed by atoms with Gasteiger partial charge in [0.25, 0.3) is 0 Å². The third-order valence-corrected chi connectivity index (χ3v) is 8.41. The molecule has 1 saturated heterocycles. The molecule has 0 aromatic heterocycles. The second kappa shape index (κ2) is 9.95. The Balaban J connectivity index is 1.29. The van der Waals surface area contributed by atoms with E-state index in [1.807, 2.05) is 19.2 Å². The molecule has 2 aliphatic heterocycles. The summed E-state index contributed by atoms with van der Waals surface area (Å²) in [6.45, 7) is 7.38. The van der Waals surface area contributed by atoms with Crippen molar-refractivity contribution in [3.63, 3.8) is 0 Å². The number of likely N-dealkylation sites (tertiary alicyclic amines) is 1. The zero-order chi connectivity index (χ0) is 29.0. The van der Waals surface area contributed by atoms with E-state index in [0.717, 1.165) is 17.7 Å². The molecule has 1 aromatic carbocycles. The third-order valence-electron chi connectivity index (χ3n) is 8.41. The van der Waals surface area contributed by atoms with Gasteiger partial charge in [0.15, 0.2) is 23.7 Å². The number of hydrogen-bond donors (Lipinski definition) is 2. The maximum absolute atomic E-state index is 13.1. The summed E-state index contributed by atoms with van der Waals surface area (Å²) < 4.78 is 28.3. The molecule has 4 aliphatic rings. The molecule has 1 amide bonds. The predicted octanol–water partition coefficient (Wildman–Crippen LogP) is 2.36. The fraction of sp³-hybridized carbons (Fsp3) is 0.621. The summed E-state index contributed by atoms with van der Waals surface area (Å²) in [5.41, 5.74) is -0.560. The van der Waals surface area contributed by atoms with Crippen LogP contribution in [0.25, 0.3) is 0 Å². The van der Waals surface area contributed by atoms with Crippen molar-refractivity contribution in [3.05, 3.63) is 35.1 Å². The van der Waals surface area contributed by atoms with Gasteiger partial charge in [-0.1, -0.05) is 6.07 Å². The minimum Gasteiger partial charge on any atom is -0.493 e. The van der Waals surface area contributed by atoms with E-state index in [0.29, 0.717) is 30.1 Å². The van der Waals surface area contributed by atoms with Gasteiger partial charge in [-0.2, -0.15) is 0 Å². The van der Waals surface area contributed by atoms with Crippen LogP contribution in [-0.4, -0.2) is 84.7 Å². The molecular formula is C29H38N2O9. The number of carbonyl (C=O) groups excluding carboxylic acids is 3. The number of esters is 2. The Labute approximate surface area is 233 Å². The molecule has 1 aromatic rings. The topological polar surface area (TPSA) is 133 Å². The number of aliphatic hydroxyl groups is 1. The molecule has 5 atom stereocenters. The summed E-state index contributed by atoms with van der Waals surface area (Å²) >= 11 is 0. The number of benzene rings is 1. The highest BCUT2D eigenvalue weighted by Crippen LogP contribution is 2.65. The third kappa shape index (κ3) is 4.49. The Morgan fingerprint density at radius 3 is 2.73 bits per heavy atom.